The summed E-state index contributed by atoms with van der Waals surface area (Å²) in [6.45, 7) is 1.12. The minimum Gasteiger partial charge on any atom is -0.454 e. The van der Waals surface area contributed by atoms with E-state index in [2.05, 4.69) is 0 Å². The maximum absolute atomic E-state index is 12.2. The predicted octanol–water partition coefficient (Wildman–Crippen LogP) is 3.27. The van der Waals surface area contributed by atoms with Gasteiger partial charge in [-0.05, 0) is 30.4 Å². The zero-order valence-electron chi connectivity index (χ0n) is 12.3. The third-order valence-corrected chi connectivity index (χ3v) is 4.98. The first-order valence-electron chi connectivity index (χ1n) is 8.04. The van der Waals surface area contributed by atoms with Gasteiger partial charge in [-0.25, -0.2) is 0 Å². The van der Waals surface area contributed by atoms with Gasteiger partial charge in [0.2, 0.25) is 12.7 Å². The van der Waals surface area contributed by atoms with Crippen molar-refractivity contribution in [2.45, 2.75) is 44.9 Å². The number of fused-ring (bicyclic) bond motifs is 2. The highest BCUT2D eigenvalue weighted by atomic mass is 16.7. The van der Waals surface area contributed by atoms with Crippen molar-refractivity contribution in [1.82, 2.24) is 0 Å². The van der Waals surface area contributed by atoms with Gasteiger partial charge < -0.3 is 14.4 Å². The number of hydrogen-bond donors (Lipinski definition) is 0. The number of hydrogen-bond acceptors (Lipinski definition) is 3. The Balaban J connectivity index is 1.45. The number of benzene rings is 1. The van der Waals surface area contributed by atoms with E-state index in [4.69, 9.17) is 9.47 Å². The number of rotatable bonds is 4. The van der Waals surface area contributed by atoms with E-state index in [1.165, 1.54) is 32.1 Å². The summed E-state index contributed by atoms with van der Waals surface area (Å²) in [6.07, 6.45) is 8.38. The molecule has 1 aromatic rings. The molecule has 2 aliphatic heterocycles. The molecule has 1 fully saturated rings. The van der Waals surface area contributed by atoms with Crippen LogP contribution in [0.5, 0.6) is 11.5 Å². The summed E-state index contributed by atoms with van der Waals surface area (Å²) in [4.78, 5) is 14.2. The van der Waals surface area contributed by atoms with Crippen molar-refractivity contribution < 1.29 is 14.3 Å². The molecule has 2 heterocycles. The molecule has 21 heavy (non-hydrogen) atoms. The van der Waals surface area contributed by atoms with E-state index in [0.717, 1.165) is 41.6 Å². The quantitative estimate of drug-likeness (QED) is 0.853. The van der Waals surface area contributed by atoms with Crippen LogP contribution in [0, 0.1) is 5.92 Å². The van der Waals surface area contributed by atoms with Crippen molar-refractivity contribution in [2.24, 2.45) is 5.92 Å². The Bertz CT molecular complexity index is 563. The van der Waals surface area contributed by atoms with Gasteiger partial charge in [-0.1, -0.05) is 25.7 Å². The van der Waals surface area contributed by atoms with Crippen LogP contribution in [0.25, 0.3) is 0 Å². The lowest BCUT2D eigenvalue weighted by Crippen LogP contribution is -2.28. The van der Waals surface area contributed by atoms with Gasteiger partial charge in [-0.15, -0.1) is 0 Å². The molecule has 1 aromatic carbocycles. The Morgan fingerprint density at radius 1 is 1.14 bits per heavy atom. The van der Waals surface area contributed by atoms with Crippen LogP contribution in [0.4, 0.5) is 5.69 Å². The van der Waals surface area contributed by atoms with Crippen LogP contribution in [0.3, 0.4) is 0 Å². The van der Waals surface area contributed by atoms with Gasteiger partial charge in [0.25, 0.3) is 0 Å². The zero-order chi connectivity index (χ0) is 14.2. The maximum atomic E-state index is 12.2. The Kier molecular flexibility index (Phi) is 3.24. The molecule has 112 valence electrons. The SMILES string of the molecule is O=C1Cc2cc3c(cc2N1CCCC1CCCC1)OCO3. The second-order valence-electron chi connectivity index (χ2n) is 6.35. The first-order valence-corrected chi connectivity index (χ1v) is 8.04. The van der Waals surface area contributed by atoms with Crippen molar-refractivity contribution in [3.63, 3.8) is 0 Å². The van der Waals surface area contributed by atoms with Gasteiger partial charge >= 0.3 is 0 Å². The van der Waals surface area contributed by atoms with Gasteiger partial charge in [0.1, 0.15) is 0 Å². The van der Waals surface area contributed by atoms with Crippen LogP contribution >= 0.6 is 0 Å². The summed E-state index contributed by atoms with van der Waals surface area (Å²) in [6, 6.07) is 3.94. The normalized spacial score (nSPS) is 20.4. The molecular weight excluding hydrogens is 266 g/mol. The van der Waals surface area contributed by atoms with E-state index < -0.39 is 0 Å². The lowest BCUT2D eigenvalue weighted by molar-refractivity contribution is -0.117. The topological polar surface area (TPSA) is 38.8 Å². The van der Waals surface area contributed by atoms with Crippen molar-refractivity contribution in [2.75, 3.05) is 18.2 Å². The Morgan fingerprint density at radius 2 is 1.90 bits per heavy atom. The highest BCUT2D eigenvalue weighted by Gasteiger charge is 2.30. The standard InChI is InChI=1S/C17H21NO3/c19-17-9-13-8-15-16(21-11-20-15)10-14(13)18(17)7-3-6-12-4-1-2-5-12/h8,10,12H,1-7,9,11H2. The van der Waals surface area contributed by atoms with Crippen LogP contribution in [0.2, 0.25) is 0 Å². The number of anilines is 1. The number of amides is 1. The van der Waals surface area contributed by atoms with Crippen LogP contribution in [0.15, 0.2) is 12.1 Å². The molecule has 4 nitrogen and oxygen atoms in total. The molecule has 0 aromatic heterocycles. The number of carbonyl (C=O) groups is 1. The van der Waals surface area contributed by atoms with Gasteiger partial charge in [0.15, 0.2) is 11.5 Å². The van der Waals surface area contributed by atoms with Crippen molar-refractivity contribution in [3.8, 4) is 11.5 Å². The van der Waals surface area contributed by atoms with Gasteiger partial charge in [0, 0.05) is 12.6 Å². The third-order valence-electron chi connectivity index (χ3n) is 4.98. The fourth-order valence-corrected chi connectivity index (χ4v) is 3.84. The second kappa shape index (κ2) is 5.24. The molecule has 0 N–H and O–H groups in total. The van der Waals surface area contributed by atoms with E-state index in [1.54, 1.807) is 0 Å². The van der Waals surface area contributed by atoms with E-state index >= 15 is 0 Å². The third kappa shape index (κ3) is 2.37. The molecule has 0 atom stereocenters. The monoisotopic (exact) mass is 287 g/mol. The van der Waals surface area contributed by atoms with Gasteiger partial charge in [-0.2, -0.15) is 0 Å². The molecule has 1 aliphatic carbocycles. The molecule has 0 saturated heterocycles. The molecule has 1 saturated carbocycles. The van der Waals surface area contributed by atoms with Gasteiger partial charge in [-0.3, -0.25) is 4.79 Å². The minimum atomic E-state index is 0.208. The van der Waals surface area contributed by atoms with E-state index in [-0.39, 0.29) is 12.7 Å². The maximum Gasteiger partial charge on any atom is 0.231 e. The highest BCUT2D eigenvalue weighted by molar-refractivity contribution is 6.02. The summed E-state index contributed by atoms with van der Waals surface area (Å²) in [5, 5.41) is 0. The van der Waals surface area contributed by atoms with E-state index in [0.29, 0.717) is 6.42 Å². The molecule has 1 amide bonds. The van der Waals surface area contributed by atoms with Crippen molar-refractivity contribution in [3.05, 3.63) is 17.7 Å². The second-order valence-corrected chi connectivity index (χ2v) is 6.35. The summed E-state index contributed by atoms with van der Waals surface area (Å²) >= 11 is 0. The van der Waals surface area contributed by atoms with Crippen LogP contribution in [-0.2, 0) is 11.2 Å². The van der Waals surface area contributed by atoms with Crippen molar-refractivity contribution in [1.29, 1.82) is 0 Å². The first-order chi connectivity index (χ1) is 10.3. The molecule has 4 heteroatoms. The van der Waals surface area contributed by atoms with Crippen LogP contribution in [-0.4, -0.2) is 19.2 Å². The minimum absolute atomic E-state index is 0.208. The summed E-state index contributed by atoms with van der Waals surface area (Å²) in [5.74, 6) is 2.64. The Hall–Kier alpha value is -1.71. The van der Waals surface area contributed by atoms with E-state index in [9.17, 15) is 4.79 Å². The summed E-state index contributed by atoms with van der Waals surface area (Å²) in [5.41, 5.74) is 2.10. The lowest BCUT2D eigenvalue weighted by Gasteiger charge is -2.19. The molecule has 0 radical (unpaired) electrons. The first kappa shape index (κ1) is 13.0. The predicted molar refractivity (Wildman–Crippen MR) is 79.8 cm³/mol. The Morgan fingerprint density at radius 3 is 2.71 bits per heavy atom. The average Bonchev–Trinajstić information content (AvgIpc) is 3.18. The number of carbonyl (C=O) groups excluding carboxylic acids is 1. The highest BCUT2D eigenvalue weighted by Crippen LogP contribution is 2.41. The molecule has 4 rings (SSSR count). The van der Waals surface area contributed by atoms with Crippen LogP contribution < -0.4 is 14.4 Å². The number of ether oxygens (including phenoxy) is 2. The van der Waals surface area contributed by atoms with E-state index in [1.807, 2.05) is 17.0 Å². The number of nitrogens with zero attached hydrogens (tertiary/aromatic N) is 1. The smallest absolute Gasteiger partial charge is 0.231 e. The molecule has 0 unspecified atom stereocenters. The molecule has 3 aliphatic rings. The largest absolute Gasteiger partial charge is 0.454 e. The Labute approximate surface area is 125 Å². The molecule has 0 spiro atoms. The van der Waals surface area contributed by atoms with Gasteiger partial charge in [0.05, 0.1) is 12.1 Å². The van der Waals surface area contributed by atoms with Crippen molar-refractivity contribution >= 4 is 11.6 Å². The molecule has 0 bridgehead atoms. The zero-order valence-corrected chi connectivity index (χ0v) is 12.3. The summed E-state index contributed by atoms with van der Waals surface area (Å²) in [7, 11) is 0. The summed E-state index contributed by atoms with van der Waals surface area (Å²) < 4.78 is 10.8. The molecular formula is C17H21NO3. The average molecular weight is 287 g/mol. The fourth-order valence-electron chi connectivity index (χ4n) is 3.84. The van der Waals surface area contributed by atoms with Crippen LogP contribution in [0.1, 0.15) is 44.1 Å². The fraction of sp³-hybridized carbons (Fsp3) is 0.588. The lowest BCUT2D eigenvalue weighted by atomic mass is 10.0.